The monoisotopic (exact) mass is 289 g/mol. The molecule has 0 saturated heterocycles. The minimum atomic E-state index is 0.741. The highest BCUT2D eigenvalue weighted by Crippen LogP contribution is 2.29. The van der Waals surface area contributed by atoms with E-state index in [-0.39, 0.29) is 0 Å². The zero-order valence-electron chi connectivity index (χ0n) is 12.4. The summed E-state index contributed by atoms with van der Waals surface area (Å²) in [5.74, 6) is 4.18. The molecule has 0 aliphatic rings. The van der Waals surface area contributed by atoms with Crippen LogP contribution in [0.3, 0.4) is 0 Å². The van der Waals surface area contributed by atoms with E-state index in [0.717, 1.165) is 39.3 Å². The van der Waals surface area contributed by atoms with Crippen molar-refractivity contribution in [1.29, 1.82) is 0 Å². The van der Waals surface area contributed by atoms with Crippen LogP contribution in [0.1, 0.15) is 11.1 Å². The lowest BCUT2D eigenvalue weighted by molar-refractivity contribution is 0.412. The Hall–Kier alpha value is -3.06. The number of hydrogen-bond acceptors (Lipinski definition) is 4. The number of methoxy groups -OCH3 is 1. The van der Waals surface area contributed by atoms with E-state index in [4.69, 9.17) is 11.2 Å². The number of ether oxygens (including phenoxy) is 1. The third kappa shape index (κ3) is 2.57. The van der Waals surface area contributed by atoms with Crippen molar-refractivity contribution in [1.82, 2.24) is 9.97 Å². The molecule has 0 atom stereocenters. The van der Waals surface area contributed by atoms with Gasteiger partial charge in [0, 0.05) is 22.7 Å². The lowest BCUT2D eigenvalue weighted by Gasteiger charge is -2.11. The Kier molecular flexibility index (Phi) is 3.63. The summed E-state index contributed by atoms with van der Waals surface area (Å²) in [7, 11) is 1.65. The number of anilines is 2. The largest absolute Gasteiger partial charge is 0.496 e. The van der Waals surface area contributed by atoms with Gasteiger partial charge in [0.25, 0.3) is 0 Å². The first-order valence-corrected chi connectivity index (χ1v) is 6.84. The summed E-state index contributed by atoms with van der Waals surface area (Å²) < 4.78 is 5.34. The highest BCUT2D eigenvalue weighted by Gasteiger charge is 2.08. The number of rotatable bonds is 3. The van der Waals surface area contributed by atoms with E-state index >= 15 is 0 Å². The maximum Gasteiger partial charge on any atom is 0.141 e. The van der Waals surface area contributed by atoms with Gasteiger partial charge in [-0.25, -0.2) is 9.97 Å². The van der Waals surface area contributed by atoms with Gasteiger partial charge in [-0.1, -0.05) is 12.0 Å². The van der Waals surface area contributed by atoms with Crippen molar-refractivity contribution in [2.75, 3.05) is 12.4 Å². The van der Waals surface area contributed by atoms with Crippen LogP contribution in [0.5, 0.6) is 5.75 Å². The fourth-order valence-electron chi connectivity index (χ4n) is 2.34. The molecule has 0 amide bonds. The van der Waals surface area contributed by atoms with Crippen LogP contribution < -0.4 is 10.1 Å². The molecular formula is C18H15N3O. The average Bonchev–Trinajstić information content (AvgIpc) is 2.55. The summed E-state index contributed by atoms with van der Waals surface area (Å²) in [5.41, 5.74) is 3.57. The van der Waals surface area contributed by atoms with Gasteiger partial charge in [0.2, 0.25) is 0 Å². The second kappa shape index (κ2) is 5.74. The number of benzene rings is 2. The molecular weight excluding hydrogens is 274 g/mol. The Morgan fingerprint density at radius 1 is 1.18 bits per heavy atom. The first kappa shape index (κ1) is 13.9. The van der Waals surface area contributed by atoms with E-state index in [1.54, 1.807) is 7.11 Å². The number of nitrogens with one attached hydrogen (secondary N) is 1. The molecule has 4 nitrogen and oxygen atoms in total. The van der Waals surface area contributed by atoms with Crippen LogP contribution in [-0.4, -0.2) is 17.1 Å². The Balaban J connectivity index is 2.07. The topological polar surface area (TPSA) is 47.0 Å². The second-order valence-electron chi connectivity index (χ2n) is 4.91. The van der Waals surface area contributed by atoms with Gasteiger partial charge in [-0.05, 0) is 36.8 Å². The SMILES string of the molecule is C#Cc1cccc(Nc2ncnc3cc(OC)c(C)cc23)c1. The number of nitrogens with zero attached hydrogens (tertiary/aromatic N) is 2. The summed E-state index contributed by atoms with van der Waals surface area (Å²) in [6.45, 7) is 1.99. The van der Waals surface area contributed by atoms with Gasteiger partial charge < -0.3 is 10.1 Å². The van der Waals surface area contributed by atoms with Gasteiger partial charge in [-0.2, -0.15) is 0 Å². The summed E-state index contributed by atoms with van der Waals surface area (Å²) >= 11 is 0. The highest BCUT2D eigenvalue weighted by molar-refractivity contribution is 5.92. The van der Waals surface area contributed by atoms with Gasteiger partial charge in [0.15, 0.2) is 0 Å². The fourth-order valence-corrected chi connectivity index (χ4v) is 2.34. The van der Waals surface area contributed by atoms with Crippen LogP contribution in [0.15, 0.2) is 42.7 Å². The molecule has 0 saturated carbocycles. The first-order chi connectivity index (χ1) is 10.7. The quantitative estimate of drug-likeness (QED) is 0.747. The zero-order chi connectivity index (χ0) is 15.5. The molecule has 0 radical (unpaired) electrons. The minimum absolute atomic E-state index is 0.741. The summed E-state index contributed by atoms with van der Waals surface area (Å²) in [5, 5.41) is 4.24. The van der Waals surface area contributed by atoms with Gasteiger partial charge in [0.05, 0.1) is 12.6 Å². The number of hydrogen-bond donors (Lipinski definition) is 1. The fraction of sp³-hybridized carbons (Fsp3) is 0.111. The normalized spacial score (nSPS) is 10.2. The van der Waals surface area contributed by atoms with E-state index in [1.165, 1.54) is 6.33 Å². The molecule has 3 aromatic rings. The van der Waals surface area contributed by atoms with Crippen molar-refractivity contribution in [3.05, 3.63) is 53.9 Å². The number of aromatic nitrogens is 2. The molecule has 22 heavy (non-hydrogen) atoms. The number of fused-ring (bicyclic) bond motifs is 1. The van der Waals surface area contributed by atoms with Crippen molar-refractivity contribution >= 4 is 22.4 Å². The van der Waals surface area contributed by atoms with E-state index in [0.29, 0.717) is 0 Å². The van der Waals surface area contributed by atoms with Crippen molar-refractivity contribution in [2.24, 2.45) is 0 Å². The van der Waals surface area contributed by atoms with Crippen LogP contribution in [0, 0.1) is 19.3 Å². The lowest BCUT2D eigenvalue weighted by atomic mass is 10.1. The van der Waals surface area contributed by atoms with E-state index in [1.807, 2.05) is 43.3 Å². The van der Waals surface area contributed by atoms with E-state index in [2.05, 4.69) is 21.2 Å². The maximum absolute atomic E-state index is 5.44. The Bertz CT molecular complexity index is 881. The zero-order valence-corrected chi connectivity index (χ0v) is 12.4. The minimum Gasteiger partial charge on any atom is -0.496 e. The van der Waals surface area contributed by atoms with Gasteiger partial charge in [-0.3, -0.25) is 0 Å². The van der Waals surface area contributed by atoms with Crippen LogP contribution in [0.2, 0.25) is 0 Å². The standard InChI is InChI=1S/C18H15N3O/c1-4-13-6-5-7-14(9-13)21-18-15-8-12(2)17(22-3)10-16(15)19-11-20-18/h1,5-11H,2-3H3,(H,19,20,21). The molecule has 0 aliphatic heterocycles. The van der Waals surface area contributed by atoms with Crippen molar-refractivity contribution < 1.29 is 4.74 Å². The average molecular weight is 289 g/mol. The Labute approximate surface area is 129 Å². The molecule has 0 spiro atoms. The second-order valence-corrected chi connectivity index (χ2v) is 4.91. The predicted octanol–water partition coefficient (Wildman–Crippen LogP) is 3.67. The Morgan fingerprint density at radius 3 is 2.82 bits per heavy atom. The first-order valence-electron chi connectivity index (χ1n) is 6.84. The number of aryl methyl sites for hydroxylation is 1. The van der Waals surface area contributed by atoms with Gasteiger partial charge in [0.1, 0.15) is 17.9 Å². The van der Waals surface area contributed by atoms with Crippen LogP contribution in [0.4, 0.5) is 11.5 Å². The van der Waals surface area contributed by atoms with E-state index < -0.39 is 0 Å². The predicted molar refractivity (Wildman–Crippen MR) is 88.5 cm³/mol. The molecule has 1 aromatic heterocycles. The highest BCUT2D eigenvalue weighted by atomic mass is 16.5. The van der Waals surface area contributed by atoms with Crippen molar-refractivity contribution in [3.63, 3.8) is 0 Å². The third-order valence-corrected chi connectivity index (χ3v) is 3.44. The summed E-state index contributed by atoms with van der Waals surface area (Å²) in [4.78, 5) is 8.64. The summed E-state index contributed by atoms with van der Waals surface area (Å²) in [6.07, 6.45) is 6.97. The van der Waals surface area contributed by atoms with Gasteiger partial charge >= 0.3 is 0 Å². The maximum atomic E-state index is 5.44. The molecule has 1 heterocycles. The summed E-state index contributed by atoms with van der Waals surface area (Å²) in [6, 6.07) is 11.6. The van der Waals surface area contributed by atoms with Crippen molar-refractivity contribution in [3.8, 4) is 18.1 Å². The number of terminal acetylenes is 1. The molecule has 0 bridgehead atoms. The molecule has 0 unspecified atom stereocenters. The van der Waals surface area contributed by atoms with E-state index in [9.17, 15) is 0 Å². The smallest absolute Gasteiger partial charge is 0.141 e. The molecule has 2 aromatic carbocycles. The molecule has 4 heteroatoms. The molecule has 1 N–H and O–H groups in total. The molecule has 3 rings (SSSR count). The van der Waals surface area contributed by atoms with Crippen molar-refractivity contribution in [2.45, 2.75) is 6.92 Å². The third-order valence-electron chi connectivity index (χ3n) is 3.44. The lowest BCUT2D eigenvalue weighted by Crippen LogP contribution is -1.97. The molecule has 0 aliphatic carbocycles. The van der Waals surface area contributed by atoms with Crippen LogP contribution >= 0.6 is 0 Å². The molecule has 0 fully saturated rings. The van der Waals surface area contributed by atoms with Crippen LogP contribution in [0.25, 0.3) is 10.9 Å². The van der Waals surface area contributed by atoms with Crippen LogP contribution in [-0.2, 0) is 0 Å². The van der Waals surface area contributed by atoms with Gasteiger partial charge in [-0.15, -0.1) is 6.42 Å². The Morgan fingerprint density at radius 2 is 2.05 bits per heavy atom. The molecule has 108 valence electrons.